The van der Waals surface area contributed by atoms with E-state index in [1.54, 1.807) is 22.7 Å². The topological polar surface area (TPSA) is 16.1 Å². The molecular formula is C24H24N2S2. The van der Waals surface area contributed by atoms with Crippen molar-refractivity contribution in [1.29, 1.82) is 0 Å². The zero-order valence-electron chi connectivity index (χ0n) is 16.2. The first-order valence-electron chi connectivity index (χ1n) is 9.56. The van der Waals surface area contributed by atoms with Crippen LogP contribution in [0.2, 0.25) is 0 Å². The monoisotopic (exact) mass is 404 g/mol. The molecule has 0 atom stereocenters. The Kier molecular flexibility index (Phi) is 5.89. The highest BCUT2D eigenvalue weighted by atomic mass is 32.1. The number of aromatic nitrogens is 1. The molecule has 2 aromatic carbocycles. The normalized spacial score (nSPS) is 11.1. The molecule has 4 heteroatoms. The minimum Gasteiger partial charge on any atom is -0.339 e. The Balaban J connectivity index is 1.59. The molecule has 0 saturated heterocycles. The Bertz CT molecular complexity index is 987. The number of thiophene rings is 1. The smallest absolute Gasteiger partial charge is 0.186 e. The first kappa shape index (κ1) is 18.9. The van der Waals surface area contributed by atoms with Gasteiger partial charge in [-0.3, -0.25) is 0 Å². The minimum absolute atomic E-state index is 0.548. The Labute approximate surface area is 175 Å². The lowest BCUT2D eigenvalue weighted by atomic mass is 10.0. The Morgan fingerprint density at radius 1 is 0.857 bits per heavy atom. The summed E-state index contributed by atoms with van der Waals surface area (Å²) in [5.74, 6) is 0.548. The highest BCUT2D eigenvalue weighted by molar-refractivity contribution is 7.14. The molecule has 0 aliphatic carbocycles. The van der Waals surface area contributed by atoms with Gasteiger partial charge in [0.05, 0.1) is 12.2 Å². The maximum absolute atomic E-state index is 4.98. The van der Waals surface area contributed by atoms with Gasteiger partial charge in [0.15, 0.2) is 5.13 Å². The molecule has 0 N–H and O–H groups in total. The van der Waals surface area contributed by atoms with Crippen molar-refractivity contribution >= 4 is 27.8 Å². The third kappa shape index (κ3) is 4.51. The van der Waals surface area contributed by atoms with Gasteiger partial charge in [-0.25, -0.2) is 4.98 Å². The van der Waals surface area contributed by atoms with Crippen LogP contribution in [0.25, 0.3) is 11.3 Å². The summed E-state index contributed by atoms with van der Waals surface area (Å²) >= 11 is 3.52. The first-order chi connectivity index (χ1) is 13.7. The van der Waals surface area contributed by atoms with Crippen LogP contribution in [0.1, 0.15) is 35.8 Å². The van der Waals surface area contributed by atoms with Crippen molar-refractivity contribution in [3.8, 4) is 11.3 Å². The summed E-state index contributed by atoms with van der Waals surface area (Å²) in [5.41, 5.74) is 4.90. The molecule has 142 valence electrons. The molecule has 2 aromatic heterocycles. The molecule has 0 fully saturated rings. The average molecular weight is 405 g/mol. The predicted octanol–water partition coefficient (Wildman–Crippen LogP) is 7.20. The zero-order chi connectivity index (χ0) is 19.3. The van der Waals surface area contributed by atoms with Crippen LogP contribution in [-0.2, 0) is 13.1 Å². The molecule has 0 saturated carbocycles. The second kappa shape index (κ2) is 8.72. The molecule has 4 rings (SSSR count). The molecule has 4 aromatic rings. The molecule has 0 radical (unpaired) electrons. The first-order valence-corrected chi connectivity index (χ1v) is 11.3. The summed E-state index contributed by atoms with van der Waals surface area (Å²) in [7, 11) is 0. The molecule has 0 aliphatic heterocycles. The molecule has 2 heterocycles. The van der Waals surface area contributed by atoms with E-state index >= 15 is 0 Å². The maximum atomic E-state index is 4.98. The summed E-state index contributed by atoms with van der Waals surface area (Å²) in [6.07, 6.45) is 0. The molecule has 0 bridgehead atoms. The lowest BCUT2D eigenvalue weighted by molar-refractivity contribution is 0.804. The van der Waals surface area contributed by atoms with Crippen LogP contribution in [0, 0.1) is 0 Å². The summed E-state index contributed by atoms with van der Waals surface area (Å²) in [4.78, 5) is 8.71. The molecule has 0 unspecified atom stereocenters. The fourth-order valence-corrected chi connectivity index (χ4v) is 4.72. The van der Waals surface area contributed by atoms with Crippen molar-refractivity contribution < 1.29 is 0 Å². The second-order valence-electron chi connectivity index (χ2n) is 7.21. The van der Waals surface area contributed by atoms with Crippen LogP contribution in [-0.4, -0.2) is 4.98 Å². The number of thiazole rings is 1. The van der Waals surface area contributed by atoms with Crippen molar-refractivity contribution in [1.82, 2.24) is 4.98 Å². The highest BCUT2D eigenvalue weighted by Crippen LogP contribution is 2.31. The lowest BCUT2D eigenvalue weighted by Gasteiger charge is -2.21. The van der Waals surface area contributed by atoms with Crippen LogP contribution >= 0.6 is 22.7 Å². The maximum Gasteiger partial charge on any atom is 0.186 e. The molecule has 2 nitrogen and oxygen atoms in total. The fourth-order valence-electron chi connectivity index (χ4n) is 3.17. The lowest BCUT2D eigenvalue weighted by Crippen LogP contribution is -2.21. The number of hydrogen-bond acceptors (Lipinski definition) is 4. The van der Waals surface area contributed by atoms with Crippen molar-refractivity contribution in [2.45, 2.75) is 32.9 Å². The van der Waals surface area contributed by atoms with Gasteiger partial charge in [0, 0.05) is 22.4 Å². The van der Waals surface area contributed by atoms with Crippen LogP contribution in [0.5, 0.6) is 0 Å². The zero-order valence-corrected chi connectivity index (χ0v) is 17.8. The minimum atomic E-state index is 0.548. The molecular weight excluding hydrogens is 380 g/mol. The van der Waals surface area contributed by atoms with E-state index in [0.29, 0.717) is 5.92 Å². The van der Waals surface area contributed by atoms with Gasteiger partial charge in [-0.2, -0.15) is 0 Å². The van der Waals surface area contributed by atoms with Crippen LogP contribution in [0.3, 0.4) is 0 Å². The standard InChI is InChI=1S/C24H24N2S2/c1-18(2)20-10-12-21(13-11-20)23-17-28-24(25-23)26(16-22-9-6-14-27-22)15-19-7-4-3-5-8-19/h3-14,17-18H,15-16H2,1-2H3. The van der Waals surface area contributed by atoms with Crippen LogP contribution in [0.15, 0.2) is 77.5 Å². The SMILES string of the molecule is CC(C)c1ccc(-c2csc(N(Cc3ccccc3)Cc3cccs3)n2)cc1. The molecule has 0 amide bonds. The second-order valence-corrected chi connectivity index (χ2v) is 9.08. The third-order valence-corrected chi connectivity index (χ3v) is 6.54. The summed E-state index contributed by atoms with van der Waals surface area (Å²) in [5, 5.41) is 5.38. The van der Waals surface area contributed by atoms with Crippen molar-refractivity contribution in [3.05, 3.63) is 93.5 Å². The van der Waals surface area contributed by atoms with Gasteiger partial charge in [0.25, 0.3) is 0 Å². The molecule has 28 heavy (non-hydrogen) atoms. The van der Waals surface area contributed by atoms with Crippen LogP contribution in [0.4, 0.5) is 5.13 Å². The third-order valence-electron chi connectivity index (χ3n) is 4.78. The van der Waals surface area contributed by atoms with E-state index < -0.39 is 0 Å². The molecule has 0 aliphatic rings. The Morgan fingerprint density at radius 3 is 2.32 bits per heavy atom. The van der Waals surface area contributed by atoms with Gasteiger partial charge >= 0.3 is 0 Å². The van der Waals surface area contributed by atoms with Gasteiger partial charge in [-0.1, -0.05) is 74.5 Å². The van der Waals surface area contributed by atoms with Crippen molar-refractivity contribution in [2.24, 2.45) is 0 Å². The number of rotatable bonds is 7. The summed E-state index contributed by atoms with van der Waals surface area (Å²) < 4.78 is 0. The Morgan fingerprint density at radius 2 is 1.64 bits per heavy atom. The van der Waals surface area contributed by atoms with E-state index in [9.17, 15) is 0 Å². The van der Waals surface area contributed by atoms with E-state index in [0.717, 1.165) is 23.9 Å². The van der Waals surface area contributed by atoms with Gasteiger partial charge in [0.1, 0.15) is 0 Å². The van der Waals surface area contributed by atoms with E-state index in [4.69, 9.17) is 4.98 Å². The van der Waals surface area contributed by atoms with Gasteiger partial charge < -0.3 is 4.90 Å². The largest absolute Gasteiger partial charge is 0.339 e. The molecule has 0 spiro atoms. The number of hydrogen-bond donors (Lipinski definition) is 0. The van der Waals surface area contributed by atoms with E-state index in [1.807, 2.05) is 0 Å². The number of benzene rings is 2. The average Bonchev–Trinajstić information content (AvgIpc) is 3.40. The van der Waals surface area contributed by atoms with Crippen molar-refractivity contribution in [2.75, 3.05) is 4.90 Å². The number of nitrogens with zero attached hydrogens (tertiary/aromatic N) is 2. The van der Waals surface area contributed by atoms with E-state index in [1.165, 1.54) is 21.6 Å². The number of anilines is 1. The van der Waals surface area contributed by atoms with Crippen LogP contribution < -0.4 is 4.90 Å². The van der Waals surface area contributed by atoms with E-state index in [-0.39, 0.29) is 0 Å². The summed E-state index contributed by atoms with van der Waals surface area (Å²) in [6.45, 7) is 6.19. The predicted molar refractivity (Wildman–Crippen MR) is 122 cm³/mol. The van der Waals surface area contributed by atoms with E-state index in [2.05, 4.69) is 96.2 Å². The summed E-state index contributed by atoms with van der Waals surface area (Å²) in [6, 6.07) is 23.7. The Hall–Kier alpha value is -2.43. The van der Waals surface area contributed by atoms with Gasteiger partial charge in [-0.05, 0) is 28.5 Å². The van der Waals surface area contributed by atoms with Gasteiger partial charge in [0.2, 0.25) is 0 Å². The fraction of sp³-hybridized carbons (Fsp3) is 0.208. The quantitative estimate of drug-likeness (QED) is 0.324. The van der Waals surface area contributed by atoms with Gasteiger partial charge in [-0.15, -0.1) is 22.7 Å². The van der Waals surface area contributed by atoms with Crippen molar-refractivity contribution in [3.63, 3.8) is 0 Å². The highest BCUT2D eigenvalue weighted by Gasteiger charge is 2.14.